The summed E-state index contributed by atoms with van der Waals surface area (Å²) in [6.45, 7) is 1.47. The lowest BCUT2D eigenvalue weighted by atomic mass is 10.2. The van der Waals surface area contributed by atoms with Crippen molar-refractivity contribution >= 4 is 11.8 Å². The van der Waals surface area contributed by atoms with Gasteiger partial charge in [0.2, 0.25) is 0 Å². The van der Waals surface area contributed by atoms with Crippen molar-refractivity contribution in [3.8, 4) is 0 Å². The summed E-state index contributed by atoms with van der Waals surface area (Å²) in [6, 6.07) is 5.19. The summed E-state index contributed by atoms with van der Waals surface area (Å²) in [5.41, 5.74) is 0.691. The van der Waals surface area contributed by atoms with Crippen molar-refractivity contribution in [1.82, 2.24) is 20.1 Å². The van der Waals surface area contributed by atoms with Gasteiger partial charge in [-0.1, -0.05) is 12.5 Å². The van der Waals surface area contributed by atoms with Crippen molar-refractivity contribution in [3.63, 3.8) is 0 Å². The molecule has 0 atom stereocenters. The molecule has 112 valence electrons. The van der Waals surface area contributed by atoms with E-state index in [1.807, 2.05) is 13.1 Å². The lowest BCUT2D eigenvalue weighted by molar-refractivity contribution is 0.587. The van der Waals surface area contributed by atoms with Crippen LogP contribution in [-0.4, -0.2) is 21.8 Å². The number of benzene rings is 1. The van der Waals surface area contributed by atoms with Gasteiger partial charge in [-0.2, -0.15) is 0 Å². The van der Waals surface area contributed by atoms with E-state index in [1.165, 1.54) is 30.7 Å². The molecule has 3 rings (SSSR count). The van der Waals surface area contributed by atoms with Gasteiger partial charge in [0.15, 0.2) is 5.16 Å². The summed E-state index contributed by atoms with van der Waals surface area (Å²) in [6.07, 6.45) is 4.55. The lowest BCUT2D eigenvalue weighted by Gasteiger charge is -2.10. The van der Waals surface area contributed by atoms with Crippen LogP contribution >= 0.6 is 11.8 Å². The summed E-state index contributed by atoms with van der Waals surface area (Å²) in [5, 5.41) is 12.5. The number of nitrogens with zero attached hydrogens (tertiary/aromatic N) is 3. The molecule has 1 aliphatic heterocycles. The summed E-state index contributed by atoms with van der Waals surface area (Å²) < 4.78 is 16.2. The molecular formula is C15H19FN4S. The zero-order valence-corrected chi connectivity index (χ0v) is 12.9. The Labute approximate surface area is 128 Å². The van der Waals surface area contributed by atoms with E-state index in [2.05, 4.69) is 20.1 Å². The fourth-order valence-corrected chi connectivity index (χ4v) is 3.64. The predicted molar refractivity (Wildman–Crippen MR) is 80.9 cm³/mol. The van der Waals surface area contributed by atoms with E-state index in [0.29, 0.717) is 12.1 Å². The van der Waals surface area contributed by atoms with Crippen LogP contribution in [0.2, 0.25) is 0 Å². The monoisotopic (exact) mass is 306 g/mol. The van der Waals surface area contributed by atoms with Crippen LogP contribution in [0.15, 0.2) is 28.3 Å². The molecule has 2 heterocycles. The zero-order valence-electron chi connectivity index (χ0n) is 12.1. The topological polar surface area (TPSA) is 42.7 Å². The SMILES string of the molecule is CNCc1c(F)cccc1Sc1nnc2n1CCCCC2. The fourth-order valence-electron chi connectivity index (χ4n) is 2.62. The molecule has 0 unspecified atom stereocenters. The number of aromatic nitrogens is 3. The van der Waals surface area contributed by atoms with Gasteiger partial charge in [-0.3, -0.25) is 0 Å². The maximum absolute atomic E-state index is 14.0. The molecule has 1 aliphatic rings. The molecule has 21 heavy (non-hydrogen) atoms. The van der Waals surface area contributed by atoms with E-state index < -0.39 is 0 Å². The van der Waals surface area contributed by atoms with Crippen molar-refractivity contribution < 1.29 is 4.39 Å². The molecule has 1 N–H and O–H groups in total. The first-order valence-electron chi connectivity index (χ1n) is 7.31. The van der Waals surface area contributed by atoms with Gasteiger partial charge >= 0.3 is 0 Å². The largest absolute Gasteiger partial charge is 0.316 e. The fraction of sp³-hybridized carbons (Fsp3) is 0.467. The minimum absolute atomic E-state index is 0.176. The first kappa shape index (κ1) is 14.5. The predicted octanol–water partition coefficient (Wildman–Crippen LogP) is 3.01. The number of fused-ring (bicyclic) bond motifs is 1. The first-order chi connectivity index (χ1) is 10.3. The second kappa shape index (κ2) is 6.58. The molecule has 0 spiro atoms. The summed E-state index contributed by atoms with van der Waals surface area (Å²) in [5.74, 6) is 0.881. The number of nitrogens with one attached hydrogen (secondary N) is 1. The molecule has 0 bridgehead atoms. The van der Waals surface area contributed by atoms with Crippen LogP contribution in [0.3, 0.4) is 0 Å². The van der Waals surface area contributed by atoms with Crippen molar-refractivity contribution in [2.45, 2.75) is 48.8 Å². The normalized spacial score (nSPS) is 14.8. The van der Waals surface area contributed by atoms with Crippen LogP contribution in [0.1, 0.15) is 30.7 Å². The second-order valence-corrected chi connectivity index (χ2v) is 6.22. The molecule has 4 nitrogen and oxygen atoms in total. The number of aryl methyl sites for hydroxylation is 1. The molecule has 0 saturated carbocycles. The highest BCUT2D eigenvalue weighted by atomic mass is 32.2. The molecule has 0 aliphatic carbocycles. The van der Waals surface area contributed by atoms with Gasteiger partial charge in [0.05, 0.1) is 0 Å². The van der Waals surface area contributed by atoms with E-state index in [-0.39, 0.29) is 5.82 Å². The van der Waals surface area contributed by atoms with Crippen molar-refractivity contribution in [2.75, 3.05) is 7.05 Å². The molecule has 1 aromatic heterocycles. The first-order valence-corrected chi connectivity index (χ1v) is 8.13. The molecular weight excluding hydrogens is 287 g/mol. The van der Waals surface area contributed by atoms with E-state index in [4.69, 9.17) is 0 Å². The Morgan fingerprint density at radius 3 is 3.05 bits per heavy atom. The highest BCUT2D eigenvalue weighted by Gasteiger charge is 2.17. The zero-order chi connectivity index (χ0) is 14.7. The van der Waals surface area contributed by atoms with Gasteiger partial charge in [0.1, 0.15) is 11.6 Å². The van der Waals surface area contributed by atoms with Gasteiger partial charge in [-0.15, -0.1) is 10.2 Å². The van der Waals surface area contributed by atoms with Crippen molar-refractivity contribution in [2.24, 2.45) is 0 Å². The van der Waals surface area contributed by atoms with Crippen molar-refractivity contribution in [1.29, 1.82) is 0 Å². The Balaban J connectivity index is 1.91. The van der Waals surface area contributed by atoms with Crippen LogP contribution < -0.4 is 5.32 Å². The number of rotatable bonds is 4. The van der Waals surface area contributed by atoms with Gasteiger partial charge < -0.3 is 9.88 Å². The molecule has 0 radical (unpaired) electrons. The standard InChI is InChI=1S/C15H19FN4S/c1-17-10-11-12(16)6-5-7-13(11)21-15-19-18-14-8-3-2-4-9-20(14)15/h5-7,17H,2-4,8-10H2,1H3. The van der Waals surface area contributed by atoms with E-state index in [1.54, 1.807) is 6.07 Å². The number of hydrogen-bond donors (Lipinski definition) is 1. The van der Waals surface area contributed by atoms with Crippen LogP contribution in [0, 0.1) is 5.82 Å². The average Bonchev–Trinajstić information content (AvgIpc) is 2.71. The number of halogens is 1. The highest BCUT2D eigenvalue weighted by molar-refractivity contribution is 7.99. The van der Waals surface area contributed by atoms with Gasteiger partial charge in [-0.25, -0.2) is 4.39 Å². The Morgan fingerprint density at radius 2 is 2.19 bits per heavy atom. The van der Waals surface area contributed by atoms with Gasteiger partial charge in [-0.05, 0) is 43.8 Å². The highest BCUT2D eigenvalue weighted by Crippen LogP contribution is 2.32. The maximum Gasteiger partial charge on any atom is 0.196 e. The molecule has 0 fully saturated rings. The summed E-state index contributed by atoms with van der Waals surface area (Å²) >= 11 is 1.51. The van der Waals surface area contributed by atoms with E-state index in [9.17, 15) is 4.39 Å². The van der Waals surface area contributed by atoms with E-state index >= 15 is 0 Å². The minimum Gasteiger partial charge on any atom is -0.316 e. The van der Waals surface area contributed by atoms with Crippen LogP contribution in [-0.2, 0) is 19.5 Å². The molecule has 1 aromatic carbocycles. The van der Waals surface area contributed by atoms with Crippen LogP contribution in [0.25, 0.3) is 0 Å². The minimum atomic E-state index is -0.176. The van der Waals surface area contributed by atoms with E-state index in [0.717, 1.165) is 35.3 Å². The third kappa shape index (κ3) is 3.11. The third-order valence-electron chi connectivity index (χ3n) is 3.71. The molecule has 0 amide bonds. The molecule has 0 saturated heterocycles. The van der Waals surface area contributed by atoms with Crippen LogP contribution in [0.4, 0.5) is 4.39 Å². The number of hydrogen-bond acceptors (Lipinski definition) is 4. The third-order valence-corrected chi connectivity index (χ3v) is 4.79. The Bertz CT molecular complexity index is 626. The smallest absolute Gasteiger partial charge is 0.196 e. The van der Waals surface area contributed by atoms with Gasteiger partial charge in [0, 0.05) is 30.0 Å². The summed E-state index contributed by atoms with van der Waals surface area (Å²) in [4.78, 5) is 0.906. The van der Waals surface area contributed by atoms with Crippen molar-refractivity contribution in [3.05, 3.63) is 35.4 Å². The molecule has 2 aromatic rings. The Morgan fingerprint density at radius 1 is 1.29 bits per heavy atom. The lowest BCUT2D eigenvalue weighted by Crippen LogP contribution is -2.08. The maximum atomic E-state index is 14.0. The average molecular weight is 306 g/mol. The Hall–Kier alpha value is -1.40. The second-order valence-electron chi connectivity index (χ2n) is 5.21. The molecule has 6 heteroatoms. The Kier molecular flexibility index (Phi) is 4.55. The van der Waals surface area contributed by atoms with Crippen LogP contribution in [0.5, 0.6) is 0 Å². The van der Waals surface area contributed by atoms with Gasteiger partial charge in [0.25, 0.3) is 0 Å². The summed E-state index contributed by atoms with van der Waals surface area (Å²) in [7, 11) is 1.82. The quantitative estimate of drug-likeness (QED) is 0.943.